The van der Waals surface area contributed by atoms with Gasteiger partial charge in [-0.1, -0.05) is 33.3 Å². The molecule has 2 saturated carbocycles. The Hall–Kier alpha value is -0.300. The second-order valence-corrected chi connectivity index (χ2v) is 7.76. The van der Waals surface area contributed by atoms with Crippen molar-refractivity contribution in [3.05, 3.63) is 11.6 Å². The average molecular weight is 248 g/mol. The predicted octanol–water partition coefficient (Wildman–Crippen LogP) is 4.45. The van der Waals surface area contributed by atoms with Gasteiger partial charge in [-0.15, -0.1) is 0 Å². The van der Waals surface area contributed by atoms with Gasteiger partial charge in [-0.25, -0.2) is 0 Å². The van der Waals surface area contributed by atoms with Crippen molar-refractivity contribution in [3.8, 4) is 0 Å². The van der Waals surface area contributed by atoms with Crippen LogP contribution in [0.15, 0.2) is 11.6 Å². The summed E-state index contributed by atoms with van der Waals surface area (Å²) in [5, 5.41) is 11.6. The third-order valence-corrected chi connectivity index (χ3v) is 6.57. The SMILES string of the molecule is CC12CCC(C1)C(C)(C)C2(O)C1=CCCCCC1. The molecule has 102 valence electrons. The van der Waals surface area contributed by atoms with Gasteiger partial charge in [-0.3, -0.25) is 0 Å². The van der Waals surface area contributed by atoms with E-state index in [1.54, 1.807) is 0 Å². The summed E-state index contributed by atoms with van der Waals surface area (Å²) in [7, 11) is 0. The number of fused-ring (bicyclic) bond motifs is 2. The maximum atomic E-state index is 11.6. The van der Waals surface area contributed by atoms with E-state index in [9.17, 15) is 5.11 Å². The minimum atomic E-state index is -0.534. The second kappa shape index (κ2) is 3.85. The van der Waals surface area contributed by atoms with Crippen LogP contribution in [0.5, 0.6) is 0 Å². The molecule has 1 nitrogen and oxygen atoms in total. The van der Waals surface area contributed by atoms with E-state index in [-0.39, 0.29) is 10.8 Å². The van der Waals surface area contributed by atoms with Gasteiger partial charge in [0.2, 0.25) is 0 Å². The number of allylic oxidation sites excluding steroid dienone is 1. The van der Waals surface area contributed by atoms with E-state index in [0.717, 1.165) is 12.3 Å². The van der Waals surface area contributed by atoms with Gasteiger partial charge in [-0.2, -0.15) is 0 Å². The highest BCUT2D eigenvalue weighted by Crippen LogP contribution is 2.70. The van der Waals surface area contributed by atoms with Crippen molar-refractivity contribution in [2.45, 2.75) is 77.7 Å². The quantitative estimate of drug-likeness (QED) is 0.680. The Labute approximate surface area is 112 Å². The average Bonchev–Trinajstić information content (AvgIpc) is 2.65. The van der Waals surface area contributed by atoms with Crippen molar-refractivity contribution >= 4 is 0 Å². The molecule has 0 saturated heterocycles. The topological polar surface area (TPSA) is 20.2 Å². The maximum Gasteiger partial charge on any atom is 0.0963 e. The van der Waals surface area contributed by atoms with E-state index < -0.39 is 5.60 Å². The fourth-order valence-corrected chi connectivity index (χ4v) is 5.40. The van der Waals surface area contributed by atoms with E-state index in [0.29, 0.717) is 0 Å². The molecule has 1 heteroatoms. The van der Waals surface area contributed by atoms with Gasteiger partial charge < -0.3 is 5.11 Å². The van der Waals surface area contributed by atoms with E-state index >= 15 is 0 Å². The predicted molar refractivity (Wildman–Crippen MR) is 75.3 cm³/mol. The van der Waals surface area contributed by atoms with Crippen LogP contribution >= 0.6 is 0 Å². The van der Waals surface area contributed by atoms with Gasteiger partial charge >= 0.3 is 0 Å². The molecule has 3 aliphatic rings. The molecule has 3 unspecified atom stereocenters. The fraction of sp³-hybridized carbons (Fsp3) is 0.882. The van der Waals surface area contributed by atoms with Gasteiger partial charge in [0.25, 0.3) is 0 Å². The van der Waals surface area contributed by atoms with Crippen LogP contribution in [0, 0.1) is 16.7 Å². The van der Waals surface area contributed by atoms with Crippen LogP contribution in [-0.4, -0.2) is 10.7 Å². The summed E-state index contributed by atoms with van der Waals surface area (Å²) in [6.45, 7) is 6.97. The maximum absolute atomic E-state index is 11.6. The zero-order chi connectivity index (χ0) is 13.0. The molecular weight excluding hydrogens is 220 g/mol. The fourth-order valence-electron chi connectivity index (χ4n) is 5.40. The normalized spacial score (nSPS) is 46.9. The molecule has 0 amide bonds. The monoisotopic (exact) mass is 248 g/mol. The van der Waals surface area contributed by atoms with Crippen molar-refractivity contribution < 1.29 is 5.11 Å². The van der Waals surface area contributed by atoms with E-state index in [4.69, 9.17) is 0 Å². The van der Waals surface area contributed by atoms with Crippen molar-refractivity contribution in [1.82, 2.24) is 0 Å². The first-order chi connectivity index (χ1) is 8.42. The first kappa shape index (κ1) is 12.7. The lowest BCUT2D eigenvalue weighted by molar-refractivity contribution is -0.115. The van der Waals surface area contributed by atoms with Crippen LogP contribution in [0.2, 0.25) is 0 Å². The van der Waals surface area contributed by atoms with Crippen LogP contribution in [0.1, 0.15) is 72.1 Å². The van der Waals surface area contributed by atoms with Crippen LogP contribution in [-0.2, 0) is 0 Å². The molecule has 0 aromatic heterocycles. The van der Waals surface area contributed by atoms with Gasteiger partial charge in [0, 0.05) is 10.8 Å². The molecule has 0 radical (unpaired) electrons. The van der Waals surface area contributed by atoms with E-state index in [2.05, 4.69) is 26.8 Å². The second-order valence-electron chi connectivity index (χ2n) is 7.76. The van der Waals surface area contributed by atoms with Crippen molar-refractivity contribution in [3.63, 3.8) is 0 Å². The first-order valence-electron chi connectivity index (χ1n) is 7.84. The lowest BCUT2D eigenvalue weighted by Gasteiger charge is -2.52. The summed E-state index contributed by atoms with van der Waals surface area (Å²) in [6.07, 6.45) is 12.4. The van der Waals surface area contributed by atoms with E-state index in [1.807, 2.05) is 0 Å². The highest BCUT2D eigenvalue weighted by Gasteiger charge is 2.69. The summed E-state index contributed by atoms with van der Waals surface area (Å²) in [5.41, 5.74) is 1.05. The molecule has 0 heterocycles. The number of aliphatic hydroxyl groups is 1. The lowest BCUT2D eigenvalue weighted by Crippen LogP contribution is -2.55. The Bertz CT molecular complexity index is 374. The summed E-state index contributed by atoms with van der Waals surface area (Å²) in [6, 6.07) is 0. The van der Waals surface area contributed by atoms with Crippen LogP contribution in [0.4, 0.5) is 0 Å². The molecule has 0 aromatic carbocycles. The molecular formula is C17H28O. The third kappa shape index (κ3) is 1.37. The van der Waals surface area contributed by atoms with Gasteiger partial charge in [-0.05, 0) is 56.4 Å². The van der Waals surface area contributed by atoms with Gasteiger partial charge in [0.05, 0.1) is 5.60 Å². The molecule has 18 heavy (non-hydrogen) atoms. The van der Waals surface area contributed by atoms with Crippen LogP contribution < -0.4 is 0 Å². The highest BCUT2D eigenvalue weighted by atomic mass is 16.3. The van der Waals surface area contributed by atoms with Crippen molar-refractivity contribution in [2.24, 2.45) is 16.7 Å². The summed E-state index contributed by atoms with van der Waals surface area (Å²) < 4.78 is 0. The molecule has 3 aliphatic carbocycles. The van der Waals surface area contributed by atoms with E-state index in [1.165, 1.54) is 50.5 Å². The Balaban J connectivity index is 2.04. The molecule has 3 atom stereocenters. The van der Waals surface area contributed by atoms with Crippen LogP contribution in [0.3, 0.4) is 0 Å². The lowest BCUT2D eigenvalue weighted by atomic mass is 9.57. The Morgan fingerprint density at radius 1 is 1.17 bits per heavy atom. The smallest absolute Gasteiger partial charge is 0.0963 e. The molecule has 3 rings (SSSR count). The van der Waals surface area contributed by atoms with Gasteiger partial charge in [0.15, 0.2) is 0 Å². The van der Waals surface area contributed by atoms with Crippen molar-refractivity contribution in [2.75, 3.05) is 0 Å². The molecule has 2 bridgehead atoms. The van der Waals surface area contributed by atoms with Crippen molar-refractivity contribution in [1.29, 1.82) is 0 Å². The molecule has 1 N–H and O–H groups in total. The van der Waals surface area contributed by atoms with Gasteiger partial charge in [0.1, 0.15) is 0 Å². The molecule has 0 aliphatic heterocycles. The number of hydrogen-bond donors (Lipinski definition) is 1. The molecule has 0 aromatic rings. The zero-order valence-electron chi connectivity index (χ0n) is 12.3. The zero-order valence-corrected chi connectivity index (χ0v) is 12.3. The summed E-state index contributed by atoms with van der Waals surface area (Å²) >= 11 is 0. The number of rotatable bonds is 1. The highest BCUT2D eigenvalue weighted by molar-refractivity contribution is 5.33. The third-order valence-electron chi connectivity index (χ3n) is 6.57. The Morgan fingerprint density at radius 2 is 1.94 bits per heavy atom. The summed E-state index contributed by atoms with van der Waals surface area (Å²) in [4.78, 5) is 0. The Morgan fingerprint density at radius 3 is 2.61 bits per heavy atom. The first-order valence-corrected chi connectivity index (χ1v) is 7.84. The summed E-state index contributed by atoms with van der Waals surface area (Å²) in [5.74, 6) is 0.719. The standard InChI is InChI=1S/C17H28O/c1-15(2)14-10-11-16(3,12-14)17(15,18)13-8-6-4-5-7-9-13/h8,14,18H,4-7,9-12H2,1-3H3. The largest absolute Gasteiger partial charge is 0.384 e. The molecule has 2 fully saturated rings. The molecule has 0 spiro atoms. The minimum Gasteiger partial charge on any atom is -0.384 e. The van der Waals surface area contributed by atoms with Crippen LogP contribution in [0.25, 0.3) is 0 Å². The Kier molecular flexibility index (Phi) is 2.72. The number of hydrogen-bond acceptors (Lipinski definition) is 1. The minimum absolute atomic E-state index is 0.0656.